The zero-order chi connectivity index (χ0) is 25.3. The second-order valence-electron chi connectivity index (χ2n) is 11.3. The lowest BCUT2D eigenvalue weighted by Gasteiger charge is -2.45. The van der Waals surface area contributed by atoms with Crippen LogP contribution in [0.2, 0.25) is 5.04 Å². The first kappa shape index (κ1) is 26.3. The zero-order valence-corrected chi connectivity index (χ0v) is 22.7. The third-order valence-corrected chi connectivity index (χ3v) is 12.3. The highest BCUT2D eigenvalue weighted by molar-refractivity contribution is 6.99. The van der Waals surface area contributed by atoms with E-state index in [2.05, 4.69) is 88.0 Å². The quantitative estimate of drug-likeness (QED) is 0.439. The smallest absolute Gasteiger partial charge is 0.261 e. The molecular weight excluding hydrogens is 456 g/mol. The standard InChI is InChI=1S/C29H40O5Si/c1-7-19-29(30)21-31-24(25-26(29)34-28(5,6)33-25)18-20-32-35(27(2,3)4,22-14-10-8-11-15-22)23-16-12-9-13-17-23/h7-17,24-26,30H,1,18-21H2,2-6H3/t24-,25-,26-,29+/m0/s1. The minimum Gasteiger partial charge on any atom is -0.407 e. The second-order valence-corrected chi connectivity index (χ2v) is 15.6. The van der Waals surface area contributed by atoms with E-state index in [4.69, 9.17) is 18.6 Å². The van der Waals surface area contributed by atoms with E-state index in [0.717, 1.165) is 0 Å². The third kappa shape index (κ3) is 5.06. The molecule has 2 aromatic rings. The van der Waals surface area contributed by atoms with Gasteiger partial charge in [-0.15, -0.1) is 6.58 Å². The van der Waals surface area contributed by atoms with Crippen molar-refractivity contribution in [2.75, 3.05) is 13.2 Å². The maximum atomic E-state index is 11.2. The fraction of sp³-hybridized carbons (Fsp3) is 0.517. The molecule has 0 bridgehead atoms. The molecule has 4 atom stereocenters. The monoisotopic (exact) mass is 496 g/mol. The van der Waals surface area contributed by atoms with E-state index in [1.54, 1.807) is 6.08 Å². The van der Waals surface area contributed by atoms with Crippen molar-refractivity contribution < 1.29 is 23.7 Å². The summed E-state index contributed by atoms with van der Waals surface area (Å²) in [7, 11) is -2.63. The molecule has 2 aromatic carbocycles. The van der Waals surface area contributed by atoms with Crippen LogP contribution >= 0.6 is 0 Å². The van der Waals surface area contributed by atoms with E-state index >= 15 is 0 Å². The predicted molar refractivity (Wildman–Crippen MR) is 142 cm³/mol. The molecule has 0 saturated carbocycles. The number of benzene rings is 2. The molecule has 0 aliphatic carbocycles. The van der Waals surface area contributed by atoms with Gasteiger partial charge in [-0.05, 0) is 42.1 Å². The minimum absolute atomic E-state index is 0.0924. The van der Waals surface area contributed by atoms with Crippen LogP contribution in [0.3, 0.4) is 0 Å². The van der Waals surface area contributed by atoms with Crippen molar-refractivity contribution >= 4 is 18.7 Å². The Labute approximate surface area is 211 Å². The fourth-order valence-electron chi connectivity index (χ4n) is 5.67. The van der Waals surface area contributed by atoms with Crippen LogP contribution in [0.5, 0.6) is 0 Å². The number of aliphatic hydroxyl groups is 1. The van der Waals surface area contributed by atoms with Crippen molar-refractivity contribution in [2.45, 2.75) is 82.2 Å². The highest BCUT2D eigenvalue weighted by Crippen LogP contribution is 2.42. The zero-order valence-electron chi connectivity index (χ0n) is 21.7. The molecule has 35 heavy (non-hydrogen) atoms. The first-order valence-electron chi connectivity index (χ1n) is 12.6. The highest BCUT2D eigenvalue weighted by atomic mass is 28.4. The molecule has 2 fully saturated rings. The molecule has 190 valence electrons. The van der Waals surface area contributed by atoms with Crippen LogP contribution in [-0.4, -0.2) is 56.3 Å². The van der Waals surface area contributed by atoms with Crippen molar-refractivity contribution in [3.05, 3.63) is 73.3 Å². The van der Waals surface area contributed by atoms with E-state index in [1.807, 2.05) is 13.8 Å². The minimum atomic E-state index is -2.63. The summed E-state index contributed by atoms with van der Waals surface area (Å²) in [5, 5.41) is 13.6. The average molecular weight is 497 g/mol. The Balaban J connectivity index is 1.59. The molecular formula is C29H40O5Si. The Kier molecular flexibility index (Phi) is 7.45. The molecule has 0 aromatic heterocycles. The van der Waals surface area contributed by atoms with Gasteiger partial charge in [0, 0.05) is 6.61 Å². The molecule has 1 N–H and O–H groups in total. The summed E-state index contributed by atoms with van der Waals surface area (Å²) in [5.74, 6) is -0.782. The van der Waals surface area contributed by atoms with Crippen LogP contribution in [0.15, 0.2) is 73.3 Å². The van der Waals surface area contributed by atoms with Crippen LogP contribution in [0, 0.1) is 0 Å². The Morgan fingerprint density at radius 2 is 1.60 bits per heavy atom. The summed E-state index contributed by atoms with van der Waals surface area (Å²) in [6.07, 6.45) is 1.68. The van der Waals surface area contributed by atoms with Gasteiger partial charge in [0.2, 0.25) is 0 Å². The maximum Gasteiger partial charge on any atom is 0.261 e. The molecule has 6 heteroatoms. The maximum absolute atomic E-state index is 11.2. The fourth-order valence-corrected chi connectivity index (χ4v) is 10.2. The van der Waals surface area contributed by atoms with E-state index in [9.17, 15) is 5.11 Å². The van der Waals surface area contributed by atoms with E-state index in [1.165, 1.54) is 10.4 Å². The number of rotatable bonds is 8. The van der Waals surface area contributed by atoms with Crippen LogP contribution in [0.1, 0.15) is 47.5 Å². The van der Waals surface area contributed by atoms with Gasteiger partial charge < -0.3 is 23.7 Å². The number of hydrogen-bond acceptors (Lipinski definition) is 5. The SMILES string of the molecule is C=CC[C@@]1(O)CO[C@@H](CCO[Si](c2ccccc2)(c2ccccc2)C(C)(C)C)[C@@H]2OC(C)(C)O[C@@H]21. The molecule has 0 unspecified atom stereocenters. The predicted octanol–water partition coefficient (Wildman–Crippen LogP) is 4.18. The highest BCUT2D eigenvalue weighted by Gasteiger charge is 2.58. The van der Waals surface area contributed by atoms with Gasteiger partial charge in [0.1, 0.15) is 17.8 Å². The van der Waals surface area contributed by atoms with Gasteiger partial charge in [0.05, 0.1) is 12.7 Å². The van der Waals surface area contributed by atoms with Crippen molar-refractivity contribution in [3.63, 3.8) is 0 Å². The normalized spacial score (nSPS) is 28.5. The summed E-state index contributed by atoms with van der Waals surface area (Å²) in [6.45, 7) is 15.1. The molecule has 4 rings (SSSR count). The van der Waals surface area contributed by atoms with Gasteiger partial charge >= 0.3 is 0 Å². The van der Waals surface area contributed by atoms with E-state index in [-0.39, 0.29) is 23.9 Å². The van der Waals surface area contributed by atoms with Gasteiger partial charge in [-0.25, -0.2) is 0 Å². The lowest BCUT2D eigenvalue weighted by atomic mass is 9.85. The number of hydrogen-bond donors (Lipinski definition) is 1. The average Bonchev–Trinajstić information content (AvgIpc) is 3.15. The van der Waals surface area contributed by atoms with Gasteiger partial charge in [0.15, 0.2) is 5.79 Å². The van der Waals surface area contributed by atoms with Gasteiger partial charge in [-0.1, -0.05) is 87.5 Å². The van der Waals surface area contributed by atoms with Crippen molar-refractivity contribution in [3.8, 4) is 0 Å². The Morgan fingerprint density at radius 3 is 2.11 bits per heavy atom. The lowest BCUT2D eigenvalue weighted by molar-refractivity contribution is -0.201. The topological polar surface area (TPSA) is 57.2 Å². The van der Waals surface area contributed by atoms with Crippen molar-refractivity contribution in [1.29, 1.82) is 0 Å². The van der Waals surface area contributed by atoms with Crippen LogP contribution in [0.25, 0.3) is 0 Å². The molecule has 2 aliphatic heterocycles. The molecule has 0 spiro atoms. The first-order chi connectivity index (χ1) is 16.5. The molecule has 2 heterocycles. The van der Waals surface area contributed by atoms with Crippen molar-refractivity contribution in [2.24, 2.45) is 0 Å². The van der Waals surface area contributed by atoms with Crippen molar-refractivity contribution in [1.82, 2.24) is 0 Å². The summed E-state index contributed by atoms with van der Waals surface area (Å²) < 4.78 is 25.7. The lowest BCUT2D eigenvalue weighted by Crippen LogP contribution is -2.67. The molecule has 0 radical (unpaired) electrons. The van der Waals surface area contributed by atoms with E-state index < -0.39 is 25.8 Å². The Morgan fingerprint density at radius 1 is 1.03 bits per heavy atom. The van der Waals surface area contributed by atoms with Gasteiger partial charge in [0.25, 0.3) is 8.32 Å². The van der Waals surface area contributed by atoms with E-state index in [0.29, 0.717) is 19.4 Å². The molecule has 2 aliphatic rings. The summed E-state index contributed by atoms with van der Waals surface area (Å²) in [6, 6.07) is 21.3. The molecule has 0 amide bonds. The second kappa shape index (κ2) is 9.92. The summed E-state index contributed by atoms with van der Waals surface area (Å²) in [4.78, 5) is 0. The summed E-state index contributed by atoms with van der Waals surface area (Å²) in [5.41, 5.74) is -1.14. The number of ether oxygens (including phenoxy) is 3. The third-order valence-electron chi connectivity index (χ3n) is 7.21. The Hall–Kier alpha value is -1.80. The van der Waals surface area contributed by atoms with Crippen LogP contribution < -0.4 is 10.4 Å². The molecule has 5 nitrogen and oxygen atoms in total. The van der Waals surface area contributed by atoms with Crippen LogP contribution in [-0.2, 0) is 18.6 Å². The molecule has 2 saturated heterocycles. The largest absolute Gasteiger partial charge is 0.407 e. The van der Waals surface area contributed by atoms with Crippen LogP contribution in [0.4, 0.5) is 0 Å². The summed E-state index contributed by atoms with van der Waals surface area (Å²) >= 11 is 0. The van der Waals surface area contributed by atoms with Gasteiger partial charge in [-0.2, -0.15) is 0 Å². The first-order valence-corrected chi connectivity index (χ1v) is 14.5. The Bertz CT molecular complexity index is 948. The van der Waals surface area contributed by atoms with Gasteiger partial charge in [-0.3, -0.25) is 0 Å². The number of fused-ring (bicyclic) bond motifs is 1.